The van der Waals surface area contributed by atoms with E-state index in [0.717, 1.165) is 44.6 Å². The number of fused-ring (bicyclic) bond motifs is 6. The Bertz CT molecular complexity index is 3110. The number of nitrogens with zero attached hydrogens (tertiary/aromatic N) is 4. The molecule has 7 aromatic carbocycles. The Hall–Kier alpha value is -7.22. The molecule has 0 aliphatic carbocycles. The van der Waals surface area contributed by atoms with Crippen molar-refractivity contribution in [3.8, 4) is 50.8 Å². The first-order chi connectivity index (χ1) is 28.2. The van der Waals surface area contributed by atoms with Crippen LogP contribution in [0.4, 0.5) is 0 Å². The molecule has 10 rings (SSSR count). The lowest BCUT2D eigenvalue weighted by molar-refractivity contribution is 1.09. The van der Waals surface area contributed by atoms with Crippen molar-refractivity contribution < 1.29 is 0 Å². The summed E-state index contributed by atoms with van der Waals surface area (Å²) in [4.78, 5) is 5.09. The predicted molar refractivity (Wildman–Crippen MR) is 242 cm³/mol. The molecule has 0 saturated carbocycles. The van der Waals surface area contributed by atoms with Gasteiger partial charge in [-0.2, -0.15) is 5.26 Å². The molecule has 58 heavy (non-hydrogen) atoms. The van der Waals surface area contributed by atoms with Crippen LogP contribution >= 0.6 is 0 Å². The number of nitriles is 1. The molecule has 0 amide bonds. The first kappa shape index (κ1) is 35.2. The lowest BCUT2D eigenvalue weighted by Gasteiger charge is -2.20. The monoisotopic (exact) mass is 746 g/mol. The number of aryl methyl sites for hydroxylation is 6. The normalized spacial score (nSPS) is 11.6. The quantitative estimate of drug-likeness (QED) is 0.176. The van der Waals surface area contributed by atoms with Crippen molar-refractivity contribution in [2.24, 2.45) is 0 Å². The summed E-state index contributed by atoms with van der Waals surface area (Å²) in [6.45, 7) is 13.2. The van der Waals surface area contributed by atoms with E-state index in [-0.39, 0.29) is 0 Å². The van der Waals surface area contributed by atoms with Crippen molar-refractivity contribution in [2.75, 3.05) is 0 Å². The Morgan fingerprint density at radius 3 is 1.24 bits per heavy atom. The lowest BCUT2D eigenvalue weighted by atomic mass is 9.93. The molecule has 0 fully saturated rings. The average Bonchev–Trinajstić information content (AvgIpc) is 3.72. The summed E-state index contributed by atoms with van der Waals surface area (Å²) in [5.41, 5.74) is 21.5. The van der Waals surface area contributed by atoms with Crippen LogP contribution in [0, 0.1) is 52.9 Å². The highest BCUT2D eigenvalue weighted by molar-refractivity contribution is 6.13. The van der Waals surface area contributed by atoms with E-state index in [4.69, 9.17) is 4.98 Å². The van der Waals surface area contributed by atoms with E-state index in [0.29, 0.717) is 5.56 Å². The van der Waals surface area contributed by atoms with Gasteiger partial charge in [-0.3, -0.25) is 4.98 Å². The maximum atomic E-state index is 9.86. The molecule has 4 nitrogen and oxygen atoms in total. The highest BCUT2D eigenvalue weighted by Gasteiger charge is 2.23. The second-order valence-corrected chi connectivity index (χ2v) is 16.0. The van der Waals surface area contributed by atoms with Gasteiger partial charge in [-0.25, -0.2) is 0 Å². The van der Waals surface area contributed by atoms with Crippen molar-refractivity contribution in [2.45, 2.75) is 41.5 Å². The Morgan fingerprint density at radius 2 is 0.810 bits per heavy atom. The van der Waals surface area contributed by atoms with Crippen LogP contribution in [0.1, 0.15) is 38.9 Å². The molecule has 0 aliphatic rings. The van der Waals surface area contributed by atoms with Crippen LogP contribution in [0.25, 0.3) is 88.4 Å². The van der Waals surface area contributed by atoms with Gasteiger partial charge >= 0.3 is 0 Å². The second kappa shape index (κ2) is 13.5. The zero-order valence-corrected chi connectivity index (χ0v) is 33.6. The molecule has 0 bridgehead atoms. The van der Waals surface area contributed by atoms with Gasteiger partial charge < -0.3 is 9.13 Å². The molecule has 3 aromatic heterocycles. The number of hydrogen-bond donors (Lipinski definition) is 0. The zero-order chi connectivity index (χ0) is 39.8. The maximum absolute atomic E-state index is 9.86. The van der Waals surface area contributed by atoms with Gasteiger partial charge in [-0.15, -0.1) is 0 Å². The van der Waals surface area contributed by atoms with Crippen LogP contribution in [0.2, 0.25) is 0 Å². The first-order valence-corrected chi connectivity index (χ1v) is 19.9. The number of rotatable bonds is 5. The third kappa shape index (κ3) is 5.46. The highest BCUT2D eigenvalue weighted by atomic mass is 15.0. The van der Waals surface area contributed by atoms with E-state index in [2.05, 4.69) is 178 Å². The molecule has 278 valence electrons. The van der Waals surface area contributed by atoms with Gasteiger partial charge in [0.15, 0.2) is 0 Å². The fraction of sp³-hybridized carbons (Fsp3) is 0.111. The van der Waals surface area contributed by atoms with E-state index < -0.39 is 0 Å². The third-order valence-corrected chi connectivity index (χ3v) is 12.0. The Balaban J connectivity index is 1.32. The zero-order valence-electron chi connectivity index (χ0n) is 33.6. The maximum Gasteiger partial charge on any atom is 0.0991 e. The number of pyridine rings is 1. The molecule has 0 atom stereocenters. The van der Waals surface area contributed by atoms with Crippen LogP contribution in [0.5, 0.6) is 0 Å². The average molecular weight is 747 g/mol. The summed E-state index contributed by atoms with van der Waals surface area (Å²) in [7, 11) is 0. The van der Waals surface area contributed by atoms with Gasteiger partial charge in [-0.1, -0.05) is 108 Å². The van der Waals surface area contributed by atoms with Gasteiger partial charge in [0.1, 0.15) is 0 Å². The largest absolute Gasteiger partial charge is 0.307 e. The summed E-state index contributed by atoms with van der Waals surface area (Å²) in [5, 5.41) is 14.6. The van der Waals surface area contributed by atoms with E-state index in [1.165, 1.54) is 77.2 Å². The molecule has 0 N–H and O–H groups in total. The lowest BCUT2D eigenvalue weighted by Crippen LogP contribution is -2.05. The van der Waals surface area contributed by atoms with Crippen LogP contribution in [-0.4, -0.2) is 14.1 Å². The smallest absolute Gasteiger partial charge is 0.0991 e. The predicted octanol–water partition coefficient (Wildman–Crippen LogP) is 14.0. The van der Waals surface area contributed by atoms with Gasteiger partial charge in [0.2, 0.25) is 0 Å². The molecular weight excluding hydrogens is 705 g/mol. The highest BCUT2D eigenvalue weighted by Crippen LogP contribution is 2.43. The van der Waals surface area contributed by atoms with Crippen LogP contribution in [0.15, 0.2) is 146 Å². The summed E-state index contributed by atoms with van der Waals surface area (Å²) in [5.74, 6) is 0. The topological polar surface area (TPSA) is 46.5 Å². The number of hydrogen-bond acceptors (Lipinski definition) is 2. The number of benzene rings is 7. The van der Waals surface area contributed by atoms with Crippen molar-refractivity contribution in [3.63, 3.8) is 0 Å². The van der Waals surface area contributed by atoms with Crippen LogP contribution in [-0.2, 0) is 0 Å². The molecule has 0 unspecified atom stereocenters. The minimum Gasteiger partial charge on any atom is -0.307 e. The molecule has 0 spiro atoms. The number of aromatic nitrogens is 3. The minimum absolute atomic E-state index is 0.622. The molecule has 0 saturated heterocycles. The molecular formula is C54H42N4. The van der Waals surface area contributed by atoms with Crippen molar-refractivity contribution in [1.29, 1.82) is 5.26 Å². The van der Waals surface area contributed by atoms with Gasteiger partial charge in [-0.05, 0) is 128 Å². The first-order valence-electron chi connectivity index (χ1n) is 19.9. The van der Waals surface area contributed by atoms with Gasteiger partial charge in [0.05, 0.1) is 57.5 Å². The van der Waals surface area contributed by atoms with Crippen molar-refractivity contribution in [3.05, 3.63) is 185 Å². The van der Waals surface area contributed by atoms with E-state index >= 15 is 0 Å². The summed E-state index contributed by atoms with van der Waals surface area (Å²) in [6.07, 6.45) is 4.02. The molecule has 0 radical (unpaired) electrons. The SMILES string of the molecule is Cc1cc(C)c(-c2ccc3c4ccccc4n(-c4cncc(-n5c6ccccc6c6ccc(-c7c(C)cc(C)cc7C)cc65)c4-c4ccc(C#N)cc4)c3c2)c(C)c1. The standard InChI is InChI=1S/C54H42N4/c1-32-23-34(3)52(35(4)24-32)40-19-21-44-42-11-7-9-13-46(42)57(48(44)27-40)50-30-56-31-51(54(50)39-17-15-38(29-55)16-18-39)58-47-14-10-8-12-43(47)45-22-20-41(28-49(45)58)53-36(5)25-33(2)26-37(53)6/h7-28,30-31H,1-6H3. The fourth-order valence-corrected chi connectivity index (χ4v) is 9.83. The van der Waals surface area contributed by atoms with E-state index in [1.807, 2.05) is 24.5 Å². The fourth-order valence-electron chi connectivity index (χ4n) is 9.83. The van der Waals surface area contributed by atoms with Crippen molar-refractivity contribution >= 4 is 43.6 Å². The summed E-state index contributed by atoms with van der Waals surface area (Å²) < 4.78 is 4.80. The molecule has 4 heteroatoms. The molecule has 10 aromatic rings. The Morgan fingerprint density at radius 1 is 0.414 bits per heavy atom. The van der Waals surface area contributed by atoms with Gasteiger partial charge in [0.25, 0.3) is 0 Å². The van der Waals surface area contributed by atoms with Crippen LogP contribution in [0.3, 0.4) is 0 Å². The molecule has 0 aliphatic heterocycles. The summed E-state index contributed by atoms with van der Waals surface area (Å²) in [6, 6.07) is 50.6. The number of para-hydroxylation sites is 2. The van der Waals surface area contributed by atoms with Crippen molar-refractivity contribution in [1.82, 2.24) is 14.1 Å². The Labute approximate surface area is 338 Å². The van der Waals surface area contributed by atoms with Crippen LogP contribution < -0.4 is 0 Å². The second-order valence-electron chi connectivity index (χ2n) is 16.0. The summed E-state index contributed by atoms with van der Waals surface area (Å²) >= 11 is 0. The van der Waals surface area contributed by atoms with E-state index in [9.17, 15) is 5.26 Å². The van der Waals surface area contributed by atoms with Gasteiger partial charge in [0, 0.05) is 27.1 Å². The minimum atomic E-state index is 0.622. The van der Waals surface area contributed by atoms with E-state index in [1.54, 1.807) is 0 Å². The third-order valence-electron chi connectivity index (χ3n) is 12.0. The molecule has 3 heterocycles. The Kier molecular flexibility index (Phi) is 8.18.